The number of hydrogen-bond acceptors (Lipinski definition) is 2. The van der Waals surface area contributed by atoms with E-state index in [4.69, 9.17) is 0 Å². The molecule has 0 atom stereocenters. The molecule has 2 aromatic heterocycles. The average Bonchev–Trinajstić information content (AvgIpc) is 2.57. The molecule has 1 N–H and O–H groups in total. The fraction of sp³-hybridized carbons (Fsp3) is 0.273. The van der Waals surface area contributed by atoms with Crippen LogP contribution in [-0.2, 0) is 0 Å². The van der Waals surface area contributed by atoms with Crippen LogP contribution in [0.4, 0.5) is 0 Å². The number of amides is 1. The molecule has 78 valence electrons. The minimum atomic E-state index is -0.144. The minimum Gasteiger partial charge on any atom is -0.354 e. The van der Waals surface area contributed by atoms with Crippen molar-refractivity contribution < 1.29 is 4.79 Å². The summed E-state index contributed by atoms with van der Waals surface area (Å²) in [6.07, 6.45) is 1.91. The number of pyridine rings is 1. The molecule has 4 heteroatoms. The van der Waals surface area contributed by atoms with Gasteiger partial charge in [0.2, 0.25) is 0 Å². The normalized spacial score (nSPS) is 10.6. The first-order valence-corrected chi connectivity index (χ1v) is 4.81. The maximum Gasteiger partial charge on any atom is 0.271 e. The van der Waals surface area contributed by atoms with Crippen molar-refractivity contribution in [3.63, 3.8) is 0 Å². The third-order valence-electron chi connectivity index (χ3n) is 2.48. The number of aromatic nitrogens is 2. The van der Waals surface area contributed by atoms with Gasteiger partial charge in [-0.25, -0.2) is 4.98 Å². The SMILES string of the molecule is CNC(=O)c1nc(C)n2cccc(C)c12. The summed E-state index contributed by atoms with van der Waals surface area (Å²) >= 11 is 0. The van der Waals surface area contributed by atoms with Crippen LogP contribution in [0.1, 0.15) is 21.9 Å². The lowest BCUT2D eigenvalue weighted by Gasteiger charge is -2.00. The number of carbonyl (C=O) groups excluding carboxylic acids is 1. The van der Waals surface area contributed by atoms with Crippen LogP contribution in [0.3, 0.4) is 0 Å². The Hall–Kier alpha value is -1.84. The van der Waals surface area contributed by atoms with E-state index in [0.717, 1.165) is 16.9 Å². The zero-order valence-electron chi connectivity index (χ0n) is 9.03. The van der Waals surface area contributed by atoms with Gasteiger partial charge in [-0.3, -0.25) is 4.79 Å². The van der Waals surface area contributed by atoms with Gasteiger partial charge in [-0.15, -0.1) is 0 Å². The van der Waals surface area contributed by atoms with Gasteiger partial charge in [-0.05, 0) is 25.5 Å². The molecular formula is C11H13N3O. The van der Waals surface area contributed by atoms with Crippen molar-refractivity contribution >= 4 is 11.4 Å². The molecule has 15 heavy (non-hydrogen) atoms. The van der Waals surface area contributed by atoms with Crippen LogP contribution in [0.15, 0.2) is 18.3 Å². The molecule has 4 nitrogen and oxygen atoms in total. The predicted octanol–water partition coefficient (Wildman–Crippen LogP) is 1.31. The monoisotopic (exact) mass is 203 g/mol. The largest absolute Gasteiger partial charge is 0.354 e. The van der Waals surface area contributed by atoms with Gasteiger partial charge in [-0.1, -0.05) is 6.07 Å². The summed E-state index contributed by atoms with van der Waals surface area (Å²) in [5.41, 5.74) is 2.43. The number of nitrogens with one attached hydrogen (secondary N) is 1. The van der Waals surface area contributed by atoms with Crippen LogP contribution >= 0.6 is 0 Å². The Morgan fingerprint density at radius 1 is 1.47 bits per heavy atom. The number of rotatable bonds is 1. The average molecular weight is 203 g/mol. The lowest BCUT2D eigenvalue weighted by molar-refractivity contribution is 0.0960. The third kappa shape index (κ3) is 1.38. The number of hydrogen-bond donors (Lipinski definition) is 1. The number of fused-ring (bicyclic) bond motifs is 1. The summed E-state index contributed by atoms with van der Waals surface area (Å²) in [5.74, 6) is 0.683. The Bertz CT molecular complexity index is 528. The van der Waals surface area contributed by atoms with E-state index in [1.54, 1.807) is 7.05 Å². The van der Waals surface area contributed by atoms with Gasteiger partial charge in [0.05, 0.1) is 5.52 Å². The van der Waals surface area contributed by atoms with Gasteiger partial charge in [-0.2, -0.15) is 0 Å². The number of imidazole rings is 1. The zero-order valence-corrected chi connectivity index (χ0v) is 9.03. The van der Waals surface area contributed by atoms with Gasteiger partial charge in [0.25, 0.3) is 5.91 Å². The summed E-state index contributed by atoms with van der Waals surface area (Å²) < 4.78 is 1.93. The molecule has 2 rings (SSSR count). The molecule has 0 fully saturated rings. The first-order chi connectivity index (χ1) is 7.15. The molecule has 0 aliphatic rings. The van der Waals surface area contributed by atoms with E-state index in [9.17, 15) is 4.79 Å². The molecule has 0 aliphatic heterocycles. The van der Waals surface area contributed by atoms with E-state index in [-0.39, 0.29) is 5.91 Å². The number of nitrogens with zero attached hydrogens (tertiary/aromatic N) is 2. The number of aryl methyl sites for hydroxylation is 2. The Morgan fingerprint density at radius 3 is 2.87 bits per heavy atom. The lowest BCUT2D eigenvalue weighted by atomic mass is 10.2. The Labute approximate surface area is 87.9 Å². The van der Waals surface area contributed by atoms with E-state index in [1.165, 1.54) is 0 Å². The highest BCUT2D eigenvalue weighted by atomic mass is 16.1. The van der Waals surface area contributed by atoms with E-state index in [0.29, 0.717) is 5.69 Å². The van der Waals surface area contributed by atoms with Gasteiger partial charge in [0.15, 0.2) is 5.69 Å². The highest BCUT2D eigenvalue weighted by Gasteiger charge is 2.15. The van der Waals surface area contributed by atoms with Crippen molar-refractivity contribution in [2.75, 3.05) is 7.05 Å². The van der Waals surface area contributed by atoms with Crippen LogP contribution in [0.2, 0.25) is 0 Å². The highest BCUT2D eigenvalue weighted by Crippen LogP contribution is 2.16. The smallest absolute Gasteiger partial charge is 0.271 e. The molecule has 0 unspecified atom stereocenters. The maximum atomic E-state index is 11.6. The molecule has 2 aromatic rings. The summed E-state index contributed by atoms with van der Waals surface area (Å²) in [4.78, 5) is 15.9. The highest BCUT2D eigenvalue weighted by molar-refractivity contribution is 5.99. The van der Waals surface area contributed by atoms with Crippen molar-refractivity contribution in [1.29, 1.82) is 0 Å². The molecule has 0 saturated heterocycles. The first-order valence-electron chi connectivity index (χ1n) is 4.81. The second kappa shape index (κ2) is 3.38. The molecule has 1 amide bonds. The topological polar surface area (TPSA) is 46.4 Å². The first kappa shape index (κ1) is 9.71. The summed E-state index contributed by atoms with van der Waals surface area (Å²) in [7, 11) is 1.61. The minimum absolute atomic E-state index is 0.144. The fourth-order valence-corrected chi connectivity index (χ4v) is 1.73. The van der Waals surface area contributed by atoms with Crippen LogP contribution < -0.4 is 5.32 Å². The van der Waals surface area contributed by atoms with Crippen LogP contribution in [0.5, 0.6) is 0 Å². The van der Waals surface area contributed by atoms with Crippen molar-refractivity contribution in [3.8, 4) is 0 Å². The van der Waals surface area contributed by atoms with E-state index in [2.05, 4.69) is 10.3 Å². The van der Waals surface area contributed by atoms with E-state index >= 15 is 0 Å². The molecule has 0 saturated carbocycles. The summed E-state index contributed by atoms with van der Waals surface area (Å²) in [5, 5.41) is 2.60. The van der Waals surface area contributed by atoms with Crippen LogP contribution in [0.25, 0.3) is 5.52 Å². The Balaban J connectivity index is 2.81. The molecular weight excluding hydrogens is 190 g/mol. The lowest BCUT2D eigenvalue weighted by Crippen LogP contribution is -2.18. The third-order valence-corrected chi connectivity index (χ3v) is 2.48. The zero-order chi connectivity index (χ0) is 11.0. The quantitative estimate of drug-likeness (QED) is 0.759. The second-order valence-electron chi connectivity index (χ2n) is 3.50. The van der Waals surface area contributed by atoms with Gasteiger partial charge in [0, 0.05) is 13.2 Å². The maximum absolute atomic E-state index is 11.6. The summed E-state index contributed by atoms with van der Waals surface area (Å²) in [6.45, 7) is 3.86. The van der Waals surface area contributed by atoms with Crippen molar-refractivity contribution in [1.82, 2.24) is 14.7 Å². The standard InChI is InChI=1S/C11H13N3O/c1-7-5-4-6-14-8(2)13-9(10(7)14)11(15)12-3/h4-6H,1-3H3,(H,12,15). The number of carbonyl (C=O) groups is 1. The van der Waals surface area contributed by atoms with Gasteiger partial charge in [0.1, 0.15) is 5.82 Å². The molecule has 0 radical (unpaired) electrons. The molecule has 0 bridgehead atoms. The molecule has 2 heterocycles. The Morgan fingerprint density at radius 2 is 2.20 bits per heavy atom. The van der Waals surface area contributed by atoms with Gasteiger partial charge < -0.3 is 9.72 Å². The molecule has 0 spiro atoms. The predicted molar refractivity (Wildman–Crippen MR) is 58.1 cm³/mol. The molecule has 0 aliphatic carbocycles. The Kier molecular flexibility index (Phi) is 2.19. The summed E-state index contributed by atoms with van der Waals surface area (Å²) in [6, 6.07) is 3.92. The van der Waals surface area contributed by atoms with Crippen LogP contribution in [-0.4, -0.2) is 22.3 Å². The van der Waals surface area contributed by atoms with E-state index in [1.807, 2.05) is 36.6 Å². The van der Waals surface area contributed by atoms with Gasteiger partial charge >= 0.3 is 0 Å². The van der Waals surface area contributed by atoms with E-state index < -0.39 is 0 Å². The molecule has 0 aromatic carbocycles. The van der Waals surface area contributed by atoms with Crippen LogP contribution in [0, 0.1) is 13.8 Å². The second-order valence-corrected chi connectivity index (χ2v) is 3.50. The van der Waals surface area contributed by atoms with Crippen molar-refractivity contribution in [3.05, 3.63) is 35.4 Å². The van der Waals surface area contributed by atoms with Crippen molar-refractivity contribution in [2.24, 2.45) is 0 Å². The fourth-order valence-electron chi connectivity index (χ4n) is 1.73. The van der Waals surface area contributed by atoms with Crippen molar-refractivity contribution in [2.45, 2.75) is 13.8 Å².